The fourth-order valence-electron chi connectivity index (χ4n) is 0.485. The maximum Gasteiger partial charge on any atom is 0.151 e. The molecule has 0 amide bonds. The highest BCUT2D eigenvalue weighted by Gasteiger charge is 2.01. The molecule has 3 nitrogen and oxygen atoms in total. The molecule has 0 saturated carbocycles. The molecule has 0 aromatic heterocycles. The second kappa shape index (κ2) is 4.64. The summed E-state index contributed by atoms with van der Waals surface area (Å²) < 4.78 is 4.83. The number of thioether (sulfide) groups is 1. The summed E-state index contributed by atoms with van der Waals surface area (Å²) in [6.07, 6.45) is 0. The van der Waals surface area contributed by atoms with Gasteiger partial charge in [-0.05, 0) is 0 Å². The molecular formula is C5H12N2OS. The largest absolute Gasteiger partial charge is 0.384 e. The van der Waals surface area contributed by atoms with Crippen LogP contribution in [0.15, 0.2) is 0 Å². The molecule has 0 bridgehead atoms. The van der Waals surface area contributed by atoms with Gasteiger partial charge in [-0.25, -0.2) is 0 Å². The van der Waals surface area contributed by atoms with E-state index in [1.54, 1.807) is 7.11 Å². The van der Waals surface area contributed by atoms with E-state index in [2.05, 4.69) is 0 Å². The van der Waals surface area contributed by atoms with Crippen LogP contribution in [0, 0.1) is 5.41 Å². The minimum Gasteiger partial charge on any atom is -0.384 e. The highest BCUT2D eigenvalue weighted by molar-refractivity contribution is 8.14. The normalized spacial score (nSPS) is 13.1. The maximum atomic E-state index is 6.89. The molecule has 0 aromatic rings. The van der Waals surface area contributed by atoms with Gasteiger partial charge in [0, 0.05) is 12.4 Å². The molecule has 0 aromatic carbocycles. The molecule has 0 radical (unpaired) electrons. The summed E-state index contributed by atoms with van der Waals surface area (Å²) in [5.41, 5.74) is 5.11. The second-order valence-corrected chi connectivity index (χ2v) is 3.23. The number of nitrogens with one attached hydrogen (secondary N) is 1. The number of hydrogen-bond donors (Lipinski definition) is 2. The van der Waals surface area contributed by atoms with Crippen LogP contribution in [0.1, 0.15) is 6.92 Å². The Bertz CT molecular complexity index is 97.0. The summed E-state index contributed by atoms with van der Waals surface area (Å²) in [5, 5.41) is 7.33. The number of nitrogens with two attached hydrogens (primary N) is 1. The fraction of sp³-hybridized carbons (Fsp3) is 0.800. The molecule has 0 aliphatic heterocycles. The minimum atomic E-state index is 0.152. The van der Waals surface area contributed by atoms with Gasteiger partial charge in [-0.1, -0.05) is 18.7 Å². The van der Waals surface area contributed by atoms with Crippen LogP contribution in [0.3, 0.4) is 0 Å². The lowest BCUT2D eigenvalue weighted by Crippen LogP contribution is -2.13. The SMILES string of the molecule is COCC(C)SC(=N)N. The third kappa shape index (κ3) is 5.65. The average Bonchev–Trinajstić information content (AvgIpc) is 1.63. The number of rotatable bonds is 3. The van der Waals surface area contributed by atoms with Crippen molar-refractivity contribution in [1.29, 1.82) is 5.41 Å². The Labute approximate surface area is 59.5 Å². The van der Waals surface area contributed by atoms with Gasteiger partial charge in [-0.15, -0.1) is 0 Å². The third-order valence-corrected chi connectivity index (χ3v) is 1.52. The molecule has 54 valence electrons. The van der Waals surface area contributed by atoms with Crippen LogP contribution in [0.25, 0.3) is 0 Å². The van der Waals surface area contributed by atoms with E-state index in [0.29, 0.717) is 6.61 Å². The van der Waals surface area contributed by atoms with Crippen LogP contribution in [0.5, 0.6) is 0 Å². The molecule has 0 rings (SSSR count). The van der Waals surface area contributed by atoms with Gasteiger partial charge >= 0.3 is 0 Å². The van der Waals surface area contributed by atoms with E-state index in [1.165, 1.54) is 11.8 Å². The Morgan fingerprint density at radius 2 is 2.44 bits per heavy atom. The smallest absolute Gasteiger partial charge is 0.151 e. The molecule has 0 aliphatic carbocycles. The van der Waals surface area contributed by atoms with Gasteiger partial charge < -0.3 is 10.5 Å². The predicted molar refractivity (Wildman–Crippen MR) is 40.8 cm³/mol. The predicted octanol–water partition coefficient (Wildman–Crippen LogP) is 0.648. The summed E-state index contributed by atoms with van der Waals surface area (Å²) in [5.74, 6) is 0. The average molecular weight is 148 g/mol. The monoisotopic (exact) mass is 148 g/mol. The third-order valence-electron chi connectivity index (χ3n) is 0.730. The molecule has 0 heterocycles. The van der Waals surface area contributed by atoms with E-state index in [-0.39, 0.29) is 10.4 Å². The first-order chi connectivity index (χ1) is 4.16. The molecule has 1 atom stereocenters. The minimum absolute atomic E-state index is 0.152. The first kappa shape index (κ1) is 8.78. The summed E-state index contributed by atoms with van der Waals surface area (Å²) >= 11 is 1.32. The van der Waals surface area contributed by atoms with Crippen molar-refractivity contribution in [2.24, 2.45) is 5.73 Å². The Kier molecular flexibility index (Phi) is 4.53. The van der Waals surface area contributed by atoms with Crippen molar-refractivity contribution in [3.63, 3.8) is 0 Å². The molecule has 0 fully saturated rings. The summed E-state index contributed by atoms with van der Waals surface area (Å²) in [6.45, 7) is 2.61. The molecule has 3 N–H and O–H groups in total. The van der Waals surface area contributed by atoms with Crippen LogP contribution >= 0.6 is 11.8 Å². The van der Waals surface area contributed by atoms with Crippen molar-refractivity contribution >= 4 is 16.9 Å². The molecule has 0 saturated heterocycles. The molecular weight excluding hydrogens is 136 g/mol. The second-order valence-electron chi connectivity index (χ2n) is 1.75. The van der Waals surface area contributed by atoms with Gasteiger partial charge in [0.2, 0.25) is 0 Å². The Hall–Kier alpha value is -0.220. The highest BCUT2D eigenvalue weighted by Crippen LogP contribution is 2.07. The lowest BCUT2D eigenvalue weighted by Gasteiger charge is -2.06. The van der Waals surface area contributed by atoms with E-state index < -0.39 is 0 Å². The molecule has 9 heavy (non-hydrogen) atoms. The quantitative estimate of drug-likeness (QED) is 0.456. The van der Waals surface area contributed by atoms with Crippen molar-refractivity contribution in [3.8, 4) is 0 Å². The Morgan fingerprint density at radius 1 is 1.89 bits per heavy atom. The van der Waals surface area contributed by atoms with Crippen LogP contribution in [0.4, 0.5) is 0 Å². The zero-order valence-corrected chi connectivity index (χ0v) is 6.49. The number of hydrogen-bond acceptors (Lipinski definition) is 3. The molecule has 1 unspecified atom stereocenters. The molecule has 0 spiro atoms. The van der Waals surface area contributed by atoms with E-state index in [9.17, 15) is 0 Å². The fourth-order valence-corrected chi connectivity index (χ4v) is 1.12. The standard InChI is InChI=1S/C5H12N2OS/c1-4(3-8-2)9-5(6)7/h4H,3H2,1-2H3,(H3,6,7). The number of ether oxygens (including phenoxy) is 1. The summed E-state index contributed by atoms with van der Waals surface area (Å²) in [4.78, 5) is 0. The molecule has 4 heteroatoms. The van der Waals surface area contributed by atoms with Gasteiger partial charge in [-0.3, -0.25) is 5.41 Å². The summed E-state index contributed by atoms with van der Waals surface area (Å²) in [7, 11) is 1.64. The zero-order valence-electron chi connectivity index (χ0n) is 5.68. The zero-order chi connectivity index (χ0) is 7.28. The van der Waals surface area contributed by atoms with Crippen molar-refractivity contribution in [3.05, 3.63) is 0 Å². The summed E-state index contributed by atoms with van der Waals surface area (Å²) in [6, 6.07) is 0. The topological polar surface area (TPSA) is 59.1 Å². The van der Waals surface area contributed by atoms with Crippen LogP contribution in [-0.4, -0.2) is 24.1 Å². The van der Waals surface area contributed by atoms with Gasteiger partial charge in [0.25, 0.3) is 0 Å². The van der Waals surface area contributed by atoms with Crippen LogP contribution < -0.4 is 5.73 Å². The van der Waals surface area contributed by atoms with E-state index in [4.69, 9.17) is 15.9 Å². The van der Waals surface area contributed by atoms with Crippen molar-refractivity contribution in [2.45, 2.75) is 12.2 Å². The van der Waals surface area contributed by atoms with Gasteiger partial charge in [-0.2, -0.15) is 0 Å². The molecule has 0 aliphatic rings. The van der Waals surface area contributed by atoms with Crippen molar-refractivity contribution in [1.82, 2.24) is 0 Å². The van der Waals surface area contributed by atoms with Gasteiger partial charge in [0.1, 0.15) is 0 Å². The van der Waals surface area contributed by atoms with Crippen LogP contribution in [-0.2, 0) is 4.74 Å². The van der Waals surface area contributed by atoms with E-state index >= 15 is 0 Å². The van der Waals surface area contributed by atoms with E-state index in [0.717, 1.165) is 0 Å². The first-order valence-corrected chi connectivity index (χ1v) is 3.54. The first-order valence-electron chi connectivity index (χ1n) is 2.66. The van der Waals surface area contributed by atoms with Crippen molar-refractivity contribution < 1.29 is 4.74 Å². The maximum absolute atomic E-state index is 6.89. The number of amidine groups is 1. The highest BCUT2D eigenvalue weighted by atomic mass is 32.2. The number of methoxy groups -OCH3 is 1. The van der Waals surface area contributed by atoms with Crippen molar-refractivity contribution in [2.75, 3.05) is 13.7 Å². The van der Waals surface area contributed by atoms with Gasteiger partial charge in [0.05, 0.1) is 6.61 Å². The van der Waals surface area contributed by atoms with Crippen LogP contribution in [0.2, 0.25) is 0 Å². The lowest BCUT2D eigenvalue weighted by molar-refractivity contribution is 0.203. The Morgan fingerprint density at radius 3 is 2.78 bits per heavy atom. The van der Waals surface area contributed by atoms with Gasteiger partial charge in [0.15, 0.2) is 5.17 Å². The Balaban J connectivity index is 3.26. The van der Waals surface area contributed by atoms with E-state index in [1.807, 2.05) is 6.92 Å². The lowest BCUT2D eigenvalue weighted by atomic mass is 10.5.